The molecule has 0 spiro atoms. The zero-order chi connectivity index (χ0) is 22.8. The first-order chi connectivity index (χ1) is 16.1. The summed E-state index contributed by atoms with van der Waals surface area (Å²) in [5.74, 6) is 1.57. The molecule has 3 heterocycles. The summed E-state index contributed by atoms with van der Waals surface area (Å²) in [5.41, 5.74) is 5.50. The molecular weight excluding hydrogens is 416 g/mol. The van der Waals surface area contributed by atoms with E-state index in [0.29, 0.717) is 36.5 Å². The molecule has 2 aliphatic rings. The summed E-state index contributed by atoms with van der Waals surface area (Å²) in [6, 6.07) is 10.7. The van der Waals surface area contributed by atoms with Crippen LogP contribution in [-0.4, -0.2) is 42.6 Å². The molecule has 0 atom stereocenters. The maximum absolute atomic E-state index is 10.9. The van der Waals surface area contributed by atoms with Gasteiger partial charge in [-0.15, -0.1) is 0 Å². The van der Waals surface area contributed by atoms with Gasteiger partial charge < -0.3 is 10.4 Å². The van der Waals surface area contributed by atoms with Crippen LogP contribution in [0.1, 0.15) is 55.0 Å². The normalized spacial score (nSPS) is 20.6. The van der Waals surface area contributed by atoms with Gasteiger partial charge >= 0.3 is 5.97 Å². The molecule has 33 heavy (non-hydrogen) atoms. The van der Waals surface area contributed by atoms with Gasteiger partial charge in [0.15, 0.2) is 11.6 Å². The smallest absolute Gasteiger partial charge is 0.303 e. The van der Waals surface area contributed by atoms with Crippen LogP contribution in [0.3, 0.4) is 0 Å². The maximum Gasteiger partial charge on any atom is 0.303 e. The Bertz CT molecular complexity index is 1200. The minimum absolute atomic E-state index is 0.305. The van der Waals surface area contributed by atoms with Gasteiger partial charge in [0.1, 0.15) is 5.69 Å². The molecule has 1 aliphatic carbocycles. The molecule has 2 aromatic heterocycles. The van der Waals surface area contributed by atoms with Gasteiger partial charge in [-0.1, -0.05) is 30.3 Å². The van der Waals surface area contributed by atoms with E-state index in [9.17, 15) is 4.79 Å². The summed E-state index contributed by atoms with van der Waals surface area (Å²) in [6.07, 6.45) is 10.3. The molecule has 8 nitrogen and oxygen atoms in total. The van der Waals surface area contributed by atoms with Crippen LogP contribution in [0.15, 0.2) is 48.7 Å². The molecule has 0 unspecified atom stereocenters. The molecule has 3 N–H and O–H groups in total. The summed E-state index contributed by atoms with van der Waals surface area (Å²) in [5, 5.41) is 24.0. The van der Waals surface area contributed by atoms with E-state index in [1.165, 1.54) is 5.56 Å². The molecule has 0 amide bonds. The van der Waals surface area contributed by atoms with Gasteiger partial charge in [-0.25, -0.2) is 4.98 Å². The summed E-state index contributed by atoms with van der Waals surface area (Å²) in [7, 11) is 1.88. The van der Waals surface area contributed by atoms with Crippen LogP contribution in [-0.2, 0) is 11.8 Å². The van der Waals surface area contributed by atoms with E-state index in [1.807, 2.05) is 13.1 Å². The van der Waals surface area contributed by atoms with Crippen molar-refractivity contribution in [1.29, 1.82) is 0 Å². The number of carbonyl (C=O) groups is 1. The molecule has 8 heteroatoms. The number of aliphatic carboxylic acids is 1. The predicted octanol–water partition coefficient (Wildman–Crippen LogP) is 3.98. The summed E-state index contributed by atoms with van der Waals surface area (Å²) in [4.78, 5) is 15.6. The maximum atomic E-state index is 10.9. The summed E-state index contributed by atoms with van der Waals surface area (Å²) < 4.78 is 1.77. The first-order valence-corrected chi connectivity index (χ1v) is 11.4. The van der Waals surface area contributed by atoms with Crippen LogP contribution in [0.5, 0.6) is 0 Å². The molecule has 1 fully saturated rings. The first kappa shape index (κ1) is 21.2. The van der Waals surface area contributed by atoms with Crippen molar-refractivity contribution in [3.63, 3.8) is 0 Å². The molecule has 3 aromatic rings. The third kappa shape index (κ3) is 4.60. The fraction of sp³-hybridized carbons (Fsp3) is 0.360. The second kappa shape index (κ2) is 9.05. The summed E-state index contributed by atoms with van der Waals surface area (Å²) in [6.45, 7) is 0.657. The van der Waals surface area contributed by atoms with E-state index in [2.05, 4.69) is 62.0 Å². The number of allylic oxidation sites excluding steroid dienone is 2. The van der Waals surface area contributed by atoms with Crippen molar-refractivity contribution in [3.05, 3.63) is 65.6 Å². The number of hydrogen-bond donors (Lipinski definition) is 3. The van der Waals surface area contributed by atoms with Crippen LogP contribution in [0.4, 0.5) is 0 Å². The monoisotopic (exact) mass is 444 g/mol. The highest BCUT2D eigenvalue weighted by molar-refractivity contribution is 5.76. The molecule has 1 saturated carbocycles. The fourth-order valence-corrected chi connectivity index (χ4v) is 4.85. The Balaban J connectivity index is 1.24. The largest absolute Gasteiger partial charge is 0.481 e. The highest BCUT2D eigenvalue weighted by Gasteiger charge is 2.24. The molecule has 5 rings (SSSR count). The second-order valence-electron chi connectivity index (χ2n) is 8.91. The lowest BCUT2D eigenvalue weighted by atomic mass is 9.77. The van der Waals surface area contributed by atoms with Gasteiger partial charge in [0, 0.05) is 37.5 Å². The van der Waals surface area contributed by atoms with Crippen molar-refractivity contribution in [2.24, 2.45) is 13.0 Å². The number of rotatable bonds is 6. The molecular formula is C25H28N6O2. The van der Waals surface area contributed by atoms with Crippen LogP contribution < -0.4 is 5.32 Å². The number of nitrogens with one attached hydrogen (secondary N) is 2. The predicted molar refractivity (Wildman–Crippen MR) is 126 cm³/mol. The summed E-state index contributed by atoms with van der Waals surface area (Å²) >= 11 is 0. The number of hydrogen-bond acceptors (Lipinski definition) is 5. The molecule has 0 radical (unpaired) electrons. The minimum atomic E-state index is -0.676. The average molecular weight is 445 g/mol. The van der Waals surface area contributed by atoms with E-state index < -0.39 is 5.97 Å². The van der Waals surface area contributed by atoms with Gasteiger partial charge in [0.25, 0.3) is 0 Å². The lowest BCUT2D eigenvalue weighted by molar-refractivity contribution is -0.138. The van der Waals surface area contributed by atoms with Crippen molar-refractivity contribution in [2.75, 3.05) is 6.54 Å². The lowest BCUT2D eigenvalue weighted by Crippen LogP contribution is -2.19. The molecule has 1 aliphatic heterocycles. The number of nitrogens with zero attached hydrogens (tertiary/aromatic N) is 4. The van der Waals surface area contributed by atoms with Gasteiger partial charge in [0.05, 0.1) is 0 Å². The van der Waals surface area contributed by atoms with Crippen molar-refractivity contribution in [3.8, 4) is 11.5 Å². The molecule has 170 valence electrons. The van der Waals surface area contributed by atoms with Crippen molar-refractivity contribution in [2.45, 2.75) is 38.0 Å². The SMILES string of the molecule is Cn1nccc1-c1nc(C2=CC=C(c3ccc(C4CCC(CC(=O)O)CC4)cc3)NC2)n[nH]1. The highest BCUT2D eigenvalue weighted by atomic mass is 16.4. The van der Waals surface area contributed by atoms with Gasteiger partial charge in [-0.05, 0) is 60.8 Å². The molecule has 0 bridgehead atoms. The Morgan fingerprint density at radius 2 is 1.91 bits per heavy atom. The standard InChI is InChI=1S/C25H28N6O2/c1-31-22(12-13-27-31)25-28-24(29-30-25)20-10-11-21(26-15-20)19-8-6-18(7-9-19)17-4-2-16(3-5-17)14-23(32)33/h6-13,16-17,26H,2-5,14-15H2,1H3,(H,32,33)(H,28,29,30). The third-order valence-electron chi connectivity index (χ3n) is 6.76. The number of benzene rings is 1. The molecule has 0 saturated heterocycles. The van der Waals surface area contributed by atoms with Crippen LogP contribution in [0, 0.1) is 5.92 Å². The zero-order valence-corrected chi connectivity index (χ0v) is 18.7. The van der Waals surface area contributed by atoms with Crippen molar-refractivity contribution >= 4 is 17.2 Å². The van der Waals surface area contributed by atoms with E-state index in [4.69, 9.17) is 5.11 Å². The van der Waals surface area contributed by atoms with Gasteiger partial charge in [-0.2, -0.15) is 10.2 Å². The average Bonchev–Trinajstić information content (AvgIpc) is 3.48. The minimum Gasteiger partial charge on any atom is -0.481 e. The first-order valence-electron chi connectivity index (χ1n) is 11.4. The number of dihydropyridines is 1. The Morgan fingerprint density at radius 1 is 1.12 bits per heavy atom. The van der Waals surface area contributed by atoms with E-state index in [-0.39, 0.29) is 0 Å². The van der Waals surface area contributed by atoms with Gasteiger partial charge in [-0.3, -0.25) is 14.6 Å². The Labute approximate surface area is 192 Å². The Hall–Kier alpha value is -3.68. The quantitative estimate of drug-likeness (QED) is 0.531. The van der Waals surface area contributed by atoms with E-state index in [1.54, 1.807) is 10.9 Å². The number of carboxylic acid groups (broad SMARTS) is 1. The number of aromatic nitrogens is 5. The van der Waals surface area contributed by atoms with E-state index >= 15 is 0 Å². The van der Waals surface area contributed by atoms with Crippen molar-refractivity contribution in [1.82, 2.24) is 30.3 Å². The second-order valence-corrected chi connectivity index (χ2v) is 8.91. The number of carboxylic acids is 1. The van der Waals surface area contributed by atoms with Gasteiger partial charge in [0.2, 0.25) is 0 Å². The van der Waals surface area contributed by atoms with Crippen LogP contribution in [0.2, 0.25) is 0 Å². The number of aromatic amines is 1. The molecule has 1 aromatic carbocycles. The lowest BCUT2D eigenvalue weighted by Gasteiger charge is -2.28. The fourth-order valence-electron chi connectivity index (χ4n) is 4.85. The van der Waals surface area contributed by atoms with Crippen LogP contribution in [0.25, 0.3) is 22.8 Å². The number of aryl methyl sites for hydroxylation is 1. The number of H-pyrrole nitrogens is 1. The Kier molecular flexibility index (Phi) is 5.81. The Morgan fingerprint density at radius 3 is 2.55 bits per heavy atom. The highest BCUT2D eigenvalue weighted by Crippen LogP contribution is 2.37. The third-order valence-corrected chi connectivity index (χ3v) is 6.76. The van der Waals surface area contributed by atoms with E-state index in [0.717, 1.165) is 48.2 Å². The van der Waals surface area contributed by atoms with Crippen LogP contribution >= 0.6 is 0 Å². The topological polar surface area (TPSA) is 109 Å². The zero-order valence-electron chi connectivity index (χ0n) is 18.7. The van der Waals surface area contributed by atoms with Crippen molar-refractivity contribution < 1.29 is 9.90 Å².